The van der Waals surface area contributed by atoms with Crippen molar-refractivity contribution in [2.45, 2.75) is 6.92 Å². The van der Waals surface area contributed by atoms with Gasteiger partial charge in [0.2, 0.25) is 0 Å². The predicted octanol–water partition coefficient (Wildman–Crippen LogP) is 4.20. The third-order valence-electron chi connectivity index (χ3n) is 3.81. The van der Waals surface area contributed by atoms with Crippen molar-refractivity contribution in [3.05, 3.63) is 63.4 Å². The molecule has 0 aromatic heterocycles. The molecule has 0 unspecified atom stereocenters. The second-order valence-corrected chi connectivity index (χ2v) is 6.50. The van der Waals surface area contributed by atoms with Crippen LogP contribution in [0.3, 0.4) is 0 Å². The van der Waals surface area contributed by atoms with Gasteiger partial charge in [-0.25, -0.2) is 14.1 Å². The molecule has 1 saturated heterocycles. The molecule has 1 aliphatic rings. The molecular formula is C19H13Cl2FN2O4. The number of anilines is 1. The number of imide groups is 2. The number of urea groups is 1. The number of hydrogen-bond donors (Lipinski definition) is 1. The first-order valence-corrected chi connectivity index (χ1v) is 8.86. The van der Waals surface area contributed by atoms with Gasteiger partial charge in [0.05, 0.1) is 22.3 Å². The van der Waals surface area contributed by atoms with Crippen LogP contribution >= 0.6 is 23.2 Å². The molecule has 2 aromatic rings. The zero-order valence-electron chi connectivity index (χ0n) is 14.5. The Morgan fingerprint density at radius 2 is 1.71 bits per heavy atom. The maximum Gasteiger partial charge on any atom is 0.335 e. The standard InChI is InChI=1S/C19H13Cl2FN2O4/c1-2-28-16-14(20)8-10(9-15(16)21)7-13-17(25)23-19(27)24(18(13)26)12-5-3-11(22)4-6-12/h3-9H,2H2,1H3,(H,23,25,27)/b13-7+. The van der Waals surface area contributed by atoms with Crippen LogP contribution in [0.5, 0.6) is 5.75 Å². The van der Waals surface area contributed by atoms with Gasteiger partial charge >= 0.3 is 6.03 Å². The van der Waals surface area contributed by atoms with Crippen LogP contribution in [-0.2, 0) is 9.59 Å². The van der Waals surface area contributed by atoms with Crippen molar-refractivity contribution in [1.82, 2.24) is 5.32 Å². The number of nitrogens with one attached hydrogen (secondary N) is 1. The first-order valence-electron chi connectivity index (χ1n) is 8.10. The van der Waals surface area contributed by atoms with Crippen molar-refractivity contribution in [3.8, 4) is 5.75 Å². The minimum absolute atomic E-state index is 0.116. The first kappa shape index (κ1) is 19.9. The van der Waals surface area contributed by atoms with Gasteiger partial charge in [0.15, 0.2) is 5.75 Å². The largest absolute Gasteiger partial charge is 0.491 e. The summed E-state index contributed by atoms with van der Waals surface area (Å²) < 4.78 is 18.5. The van der Waals surface area contributed by atoms with E-state index in [2.05, 4.69) is 5.32 Å². The highest BCUT2D eigenvalue weighted by Crippen LogP contribution is 2.35. The Kier molecular flexibility index (Phi) is 5.67. The summed E-state index contributed by atoms with van der Waals surface area (Å²) in [5, 5.41) is 2.49. The molecule has 0 aliphatic carbocycles. The number of hydrogen-bond acceptors (Lipinski definition) is 4. The van der Waals surface area contributed by atoms with Crippen molar-refractivity contribution in [1.29, 1.82) is 0 Å². The van der Waals surface area contributed by atoms with Crippen LogP contribution < -0.4 is 15.0 Å². The summed E-state index contributed by atoms with van der Waals surface area (Å²) in [6.07, 6.45) is 1.26. The normalized spacial score (nSPS) is 15.8. The molecule has 0 radical (unpaired) electrons. The quantitative estimate of drug-likeness (QED) is 0.591. The summed E-state index contributed by atoms with van der Waals surface area (Å²) in [5.74, 6) is -1.97. The molecule has 1 fully saturated rings. The van der Waals surface area contributed by atoms with Gasteiger partial charge in [-0.1, -0.05) is 23.2 Å². The Hall–Kier alpha value is -2.90. The van der Waals surface area contributed by atoms with Crippen molar-refractivity contribution in [2.75, 3.05) is 11.5 Å². The molecule has 1 N–H and O–H groups in total. The molecule has 0 saturated carbocycles. The molecule has 0 bridgehead atoms. The number of amides is 4. The van der Waals surface area contributed by atoms with Crippen LogP contribution in [0.1, 0.15) is 12.5 Å². The number of benzene rings is 2. The van der Waals surface area contributed by atoms with E-state index in [9.17, 15) is 18.8 Å². The first-order chi connectivity index (χ1) is 13.3. The zero-order chi connectivity index (χ0) is 20.4. The Bertz CT molecular complexity index is 982. The van der Waals surface area contributed by atoms with Crippen LogP contribution in [0.4, 0.5) is 14.9 Å². The SMILES string of the molecule is CCOc1c(Cl)cc(/C=C2\C(=O)NC(=O)N(c3ccc(F)cc3)C2=O)cc1Cl. The van der Waals surface area contributed by atoms with E-state index in [1.165, 1.54) is 30.3 Å². The van der Waals surface area contributed by atoms with Crippen molar-refractivity contribution >= 4 is 52.8 Å². The fraction of sp³-hybridized carbons (Fsp3) is 0.105. The number of barbiturate groups is 1. The average molecular weight is 423 g/mol. The van der Waals surface area contributed by atoms with Crippen LogP contribution in [0.2, 0.25) is 10.0 Å². The third-order valence-corrected chi connectivity index (χ3v) is 4.37. The third kappa shape index (κ3) is 3.85. The second kappa shape index (κ2) is 8.00. The van der Waals surface area contributed by atoms with Crippen molar-refractivity contribution in [3.63, 3.8) is 0 Å². The Morgan fingerprint density at radius 1 is 1.11 bits per heavy atom. The van der Waals surface area contributed by atoms with E-state index in [0.717, 1.165) is 17.0 Å². The van der Waals surface area contributed by atoms with Crippen LogP contribution in [0, 0.1) is 5.82 Å². The lowest BCUT2D eigenvalue weighted by Gasteiger charge is -2.26. The molecule has 1 aliphatic heterocycles. The van der Waals surface area contributed by atoms with E-state index in [0.29, 0.717) is 12.2 Å². The number of carbonyl (C=O) groups excluding carboxylic acids is 3. The summed E-state index contributed by atoms with van der Waals surface area (Å²) in [6, 6.07) is 6.73. The lowest BCUT2D eigenvalue weighted by atomic mass is 10.1. The summed E-state index contributed by atoms with van der Waals surface area (Å²) in [5.41, 5.74) is 0.177. The van der Waals surface area contributed by atoms with Gasteiger partial charge in [-0.15, -0.1) is 0 Å². The van der Waals surface area contributed by atoms with E-state index in [4.69, 9.17) is 27.9 Å². The van der Waals surface area contributed by atoms with Gasteiger partial charge in [0.1, 0.15) is 11.4 Å². The van der Waals surface area contributed by atoms with Gasteiger partial charge in [0, 0.05) is 0 Å². The van der Waals surface area contributed by atoms with E-state index in [1.54, 1.807) is 6.92 Å². The van der Waals surface area contributed by atoms with Crippen molar-refractivity contribution in [2.24, 2.45) is 0 Å². The van der Waals surface area contributed by atoms with Crippen LogP contribution in [0.25, 0.3) is 6.08 Å². The molecule has 144 valence electrons. The molecule has 1 heterocycles. The number of halogens is 3. The highest BCUT2D eigenvalue weighted by atomic mass is 35.5. The molecule has 0 spiro atoms. The maximum atomic E-state index is 13.1. The highest BCUT2D eigenvalue weighted by molar-refractivity contribution is 6.40. The lowest BCUT2D eigenvalue weighted by Crippen LogP contribution is -2.54. The zero-order valence-corrected chi connectivity index (χ0v) is 16.0. The maximum absolute atomic E-state index is 13.1. The molecule has 9 heteroatoms. The molecule has 28 heavy (non-hydrogen) atoms. The van der Waals surface area contributed by atoms with E-state index >= 15 is 0 Å². The highest BCUT2D eigenvalue weighted by Gasteiger charge is 2.36. The van der Waals surface area contributed by atoms with Gasteiger partial charge in [-0.2, -0.15) is 0 Å². The Balaban J connectivity index is 2.00. The second-order valence-electron chi connectivity index (χ2n) is 5.68. The monoisotopic (exact) mass is 422 g/mol. The van der Waals surface area contributed by atoms with Gasteiger partial charge < -0.3 is 4.74 Å². The number of carbonyl (C=O) groups is 3. The summed E-state index contributed by atoms with van der Waals surface area (Å²) in [7, 11) is 0. The van der Waals surface area contributed by atoms with Gasteiger partial charge in [-0.05, 0) is 55.0 Å². The summed E-state index contributed by atoms with van der Waals surface area (Å²) in [4.78, 5) is 37.8. The molecule has 6 nitrogen and oxygen atoms in total. The van der Waals surface area contributed by atoms with E-state index < -0.39 is 23.7 Å². The van der Waals surface area contributed by atoms with E-state index in [1.807, 2.05) is 0 Å². The van der Waals surface area contributed by atoms with E-state index in [-0.39, 0.29) is 27.1 Å². The molecular weight excluding hydrogens is 410 g/mol. The number of ether oxygens (including phenoxy) is 1. The Labute approximate surface area is 169 Å². The fourth-order valence-corrected chi connectivity index (χ4v) is 3.21. The fourth-order valence-electron chi connectivity index (χ4n) is 2.59. The average Bonchev–Trinajstić information content (AvgIpc) is 2.63. The number of nitrogens with zero attached hydrogens (tertiary/aromatic N) is 1. The van der Waals surface area contributed by atoms with Gasteiger partial charge in [-0.3, -0.25) is 14.9 Å². The summed E-state index contributed by atoms with van der Waals surface area (Å²) >= 11 is 12.3. The molecule has 3 rings (SSSR count). The summed E-state index contributed by atoms with van der Waals surface area (Å²) in [6.45, 7) is 2.13. The van der Waals surface area contributed by atoms with Crippen LogP contribution in [0.15, 0.2) is 42.0 Å². The molecule has 4 amide bonds. The predicted molar refractivity (Wildman–Crippen MR) is 103 cm³/mol. The minimum atomic E-state index is -0.929. The Morgan fingerprint density at radius 3 is 2.29 bits per heavy atom. The topological polar surface area (TPSA) is 75.7 Å². The van der Waals surface area contributed by atoms with Gasteiger partial charge in [0.25, 0.3) is 11.8 Å². The van der Waals surface area contributed by atoms with Crippen molar-refractivity contribution < 1.29 is 23.5 Å². The molecule has 2 aromatic carbocycles. The minimum Gasteiger partial charge on any atom is -0.491 e. The lowest BCUT2D eigenvalue weighted by molar-refractivity contribution is -0.122. The number of rotatable bonds is 4. The van der Waals surface area contributed by atoms with Crippen LogP contribution in [-0.4, -0.2) is 24.5 Å². The molecule has 0 atom stereocenters. The smallest absolute Gasteiger partial charge is 0.335 e.